The van der Waals surface area contributed by atoms with Crippen LogP contribution in [0.5, 0.6) is 0 Å². The normalized spacial score (nSPS) is 18.1. The van der Waals surface area contributed by atoms with Crippen LogP contribution in [0.2, 0.25) is 10.0 Å². The van der Waals surface area contributed by atoms with E-state index in [9.17, 15) is 0 Å². The topological polar surface area (TPSA) is 9.23 Å². The van der Waals surface area contributed by atoms with Crippen molar-refractivity contribution in [1.82, 2.24) is 0 Å². The van der Waals surface area contributed by atoms with Gasteiger partial charge < -0.3 is 4.74 Å². The maximum atomic E-state index is 6.12. The minimum atomic E-state index is 0.550. The predicted molar refractivity (Wildman–Crippen MR) is 64.0 cm³/mol. The molecular weight excluding hydrogens is 231 g/mol. The summed E-state index contributed by atoms with van der Waals surface area (Å²) in [6.07, 6.45) is 2.13. The first-order chi connectivity index (χ1) is 7.18. The third-order valence-corrected chi connectivity index (χ3v) is 3.78. The molecule has 1 aromatic carbocycles. The highest BCUT2D eigenvalue weighted by Gasteiger charge is 2.17. The van der Waals surface area contributed by atoms with Crippen molar-refractivity contribution in [2.75, 3.05) is 13.2 Å². The summed E-state index contributed by atoms with van der Waals surface area (Å²) in [5, 5.41) is 1.54. The summed E-state index contributed by atoms with van der Waals surface area (Å²) in [5.41, 5.74) is 2.22. The molecule has 1 aromatic rings. The molecule has 0 saturated carbocycles. The first kappa shape index (κ1) is 11.3. The van der Waals surface area contributed by atoms with Crippen molar-refractivity contribution in [2.45, 2.75) is 25.7 Å². The number of benzene rings is 1. The Balaban J connectivity index is 2.27. The van der Waals surface area contributed by atoms with Crippen molar-refractivity contribution in [2.24, 2.45) is 0 Å². The van der Waals surface area contributed by atoms with Crippen molar-refractivity contribution in [1.29, 1.82) is 0 Å². The highest BCUT2D eigenvalue weighted by molar-refractivity contribution is 6.36. The molecule has 2 rings (SSSR count). The highest BCUT2D eigenvalue weighted by atomic mass is 35.5. The zero-order valence-electron chi connectivity index (χ0n) is 8.72. The lowest BCUT2D eigenvalue weighted by Crippen LogP contribution is -2.14. The average molecular weight is 245 g/mol. The van der Waals surface area contributed by atoms with E-state index in [1.807, 2.05) is 19.1 Å². The fraction of sp³-hybridized carbons (Fsp3) is 0.500. The van der Waals surface area contributed by atoms with Crippen molar-refractivity contribution >= 4 is 23.2 Å². The Kier molecular flexibility index (Phi) is 3.55. The van der Waals surface area contributed by atoms with E-state index >= 15 is 0 Å². The Morgan fingerprint density at radius 2 is 1.67 bits per heavy atom. The van der Waals surface area contributed by atoms with Gasteiger partial charge in [-0.1, -0.05) is 23.2 Å². The van der Waals surface area contributed by atoms with Crippen LogP contribution in [-0.4, -0.2) is 13.2 Å². The number of halogens is 2. The highest BCUT2D eigenvalue weighted by Crippen LogP contribution is 2.33. The van der Waals surface area contributed by atoms with E-state index in [1.54, 1.807) is 0 Å². The summed E-state index contributed by atoms with van der Waals surface area (Å²) in [7, 11) is 0. The van der Waals surface area contributed by atoms with Crippen LogP contribution >= 0.6 is 23.2 Å². The fourth-order valence-corrected chi connectivity index (χ4v) is 2.44. The third-order valence-electron chi connectivity index (χ3n) is 3.00. The van der Waals surface area contributed by atoms with E-state index in [0.717, 1.165) is 41.7 Å². The van der Waals surface area contributed by atoms with Crippen LogP contribution in [0.15, 0.2) is 12.1 Å². The van der Waals surface area contributed by atoms with Crippen molar-refractivity contribution < 1.29 is 4.74 Å². The minimum Gasteiger partial charge on any atom is -0.381 e. The zero-order chi connectivity index (χ0) is 10.8. The second kappa shape index (κ2) is 4.73. The maximum absolute atomic E-state index is 6.12. The van der Waals surface area contributed by atoms with Gasteiger partial charge in [0.15, 0.2) is 0 Å². The largest absolute Gasteiger partial charge is 0.381 e. The van der Waals surface area contributed by atoms with Gasteiger partial charge in [0.05, 0.1) is 0 Å². The molecule has 0 radical (unpaired) electrons. The van der Waals surface area contributed by atoms with Crippen LogP contribution in [0.1, 0.15) is 29.9 Å². The van der Waals surface area contributed by atoms with Crippen LogP contribution in [-0.2, 0) is 4.74 Å². The maximum Gasteiger partial charge on any atom is 0.0471 e. The van der Waals surface area contributed by atoms with Crippen LogP contribution in [0.4, 0.5) is 0 Å². The van der Waals surface area contributed by atoms with Gasteiger partial charge in [0.1, 0.15) is 0 Å². The molecule has 0 N–H and O–H groups in total. The Morgan fingerprint density at radius 3 is 2.20 bits per heavy atom. The van der Waals surface area contributed by atoms with E-state index in [1.165, 1.54) is 5.56 Å². The molecule has 15 heavy (non-hydrogen) atoms. The molecule has 0 spiro atoms. The van der Waals surface area contributed by atoms with E-state index in [0.29, 0.717) is 5.92 Å². The number of hydrogen-bond donors (Lipinski definition) is 0. The number of rotatable bonds is 1. The first-order valence-corrected chi connectivity index (χ1v) is 5.97. The van der Waals surface area contributed by atoms with E-state index in [2.05, 4.69) is 0 Å². The second-order valence-corrected chi connectivity index (χ2v) is 4.81. The Labute approximate surface area is 100 Å². The Morgan fingerprint density at radius 1 is 1.13 bits per heavy atom. The molecule has 0 aliphatic carbocycles. The van der Waals surface area contributed by atoms with Crippen molar-refractivity contribution in [3.8, 4) is 0 Å². The molecule has 1 heterocycles. The van der Waals surface area contributed by atoms with Gasteiger partial charge in [-0.15, -0.1) is 0 Å². The molecule has 82 valence electrons. The second-order valence-electron chi connectivity index (χ2n) is 4.00. The third kappa shape index (κ3) is 2.47. The van der Waals surface area contributed by atoms with Crippen LogP contribution < -0.4 is 0 Å². The standard InChI is InChI=1S/C12H14Cl2O/c1-8-11(13)6-10(7-12(8)14)9-2-4-15-5-3-9/h6-7,9H,2-5H2,1H3. The van der Waals surface area contributed by atoms with Crippen LogP contribution in [0.3, 0.4) is 0 Å². The molecule has 0 unspecified atom stereocenters. The molecule has 1 fully saturated rings. The molecule has 0 bridgehead atoms. The molecule has 0 aromatic heterocycles. The summed E-state index contributed by atoms with van der Waals surface area (Å²) in [4.78, 5) is 0. The molecular formula is C12H14Cl2O. The molecule has 0 amide bonds. The molecule has 1 aliphatic rings. The van der Waals surface area contributed by atoms with Crippen LogP contribution in [0, 0.1) is 6.92 Å². The van der Waals surface area contributed by atoms with Crippen molar-refractivity contribution in [3.63, 3.8) is 0 Å². The lowest BCUT2D eigenvalue weighted by atomic mass is 9.91. The van der Waals surface area contributed by atoms with Gasteiger partial charge in [-0.2, -0.15) is 0 Å². The first-order valence-electron chi connectivity index (χ1n) is 5.22. The number of hydrogen-bond acceptors (Lipinski definition) is 1. The van der Waals surface area contributed by atoms with E-state index in [-0.39, 0.29) is 0 Å². The average Bonchev–Trinajstić information content (AvgIpc) is 2.26. The minimum absolute atomic E-state index is 0.550. The summed E-state index contributed by atoms with van der Waals surface area (Å²) in [6, 6.07) is 4.08. The SMILES string of the molecule is Cc1c(Cl)cc(C2CCOCC2)cc1Cl. The summed E-state index contributed by atoms with van der Waals surface area (Å²) >= 11 is 12.2. The van der Waals surface area contributed by atoms with E-state index in [4.69, 9.17) is 27.9 Å². The number of ether oxygens (including phenoxy) is 1. The van der Waals surface area contributed by atoms with Gasteiger partial charge in [-0.3, -0.25) is 0 Å². The van der Waals surface area contributed by atoms with Crippen LogP contribution in [0.25, 0.3) is 0 Å². The Bertz CT molecular complexity index is 334. The molecule has 1 aliphatic heterocycles. The smallest absolute Gasteiger partial charge is 0.0471 e. The summed E-state index contributed by atoms with van der Waals surface area (Å²) in [6.45, 7) is 3.62. The fourth-order valence-electron chi connectivity index (χ4n) is 1.93. The van der Waals surface area contributed by atoms with E-state index < -0.39 is 0 Å². The summed E-state index contributed by atoms with van der Waals surface area (Å²) < 4.78 is 5.34. The van der Waals surface area contributed by atoms with Gasteiger partial charge in [-0.05, 0) is 48.9 Å². The summed E-state index contributed by atoms with van der Waals surface area (Å²) in [5.74, 6) is 0.550. The monoisotopic (exact) mass is 244 g/mol. The molecule has 1 nitrogen and oxygen atoms in total. The lowest BCUT2D eigenvalue weighted by molar-refractivity contribution is 0.0853. The lowest BCUT2D eigenvalue weighted by Gasteiger charge is -2.23. The molecule has 3 heteroatoms. The van der Waals surface area contributed by atoms with Gasteiger partial charge >= 0.3 is 0 Å². The van der Waals surface area contributed by atoms with Gasteiger partial charge in [0.2, 0.25) is 0 Å². The Hall–Kier alpha value is -0.240. The zero-order valence-corrected chi connectivity index (χ0v) is 10.2. The van der Waals surface area contributed by atoms with Crippen molar-refractivity contribution in [3.05, 3.63) is 33.3 Å². The van der Waals surface area contributed by atoms with Gasteiger partial charge in [0, 0.05) is 23.3 Å². The molecule has 1 saturated heterocycles. The quantitative estimate of drug-likeness (QED) is 0.720. The molecule has 0 atom stereocenters. The van der Waals surface area contributed by atoms with Gasteiger partial charge in [-0.25, -0.2) is 0 Å². The predicted octanol–water partition coefficient (Wildman–Crippen LogP) is 4.20. The van der Waals surface area contributed by atoms with Gasteiger partial charge in [0.25, 0.3) is 0 Å².